The monoisotopic (exact) mass is 320 g/mol. The molecule has 0 heterocycles. The summed E-state index contributed by atoms with van der Waals surface area (Å²) in [5.41, 5.74) is 0. The van der Waals surface area contributed by atoms with Crippen LogP contribution in [0.25, 0.3) is 10.8 Å². The minimum Gasteiger partial charge on any atom is -0.428 e. The fourth-order valence-corrected chi connectivity index (χ4v) is 1.66. The van der Waals surface area contributed by atoms with E-state index < -0.39 is 24.2 Å². The molecule has 0 unspecified atom stereocenters. The van der Waals surface area contributed by atoms with Crippen molar-refractivity contribution >= 4 is 10.8 Å². The normalized spacial score (nSPS) is 10.3. The van der Waals surface area contributed by atoms with Crippen molar-refractivity contribution in [1.82, 2.24) is 0 Å². The molecule has 2 nitrogen and oxygen atoms in total. The first-order valence-electron chi connectivity index (χ1n) is 5.68. The maximum atomic E-state index is 12.8. The van der Waals surface area contributed by atoms with E-state index in [0.717, 1.165) is 12.1 Å². The summed E-state index contributed by atoms with van der Waals surface area (Å²) in [6.07, 6.45) is -5.25. The van der Waals surface area contributed by atoms with E-state index in [4.69, 9.17) is 0 Å². The topological polar surface area (TPSA) is 18.5 Å². The van der Waals surface area contributed by atoms with Gasteiger partial charge in [-0.25, -0.2) is 0 Å². The Hall–Kier alpha value is -2.64. The molecule has 22 heavy (non-hydrogen) atoms. The van der Waals surface area contributed by atoms with Crippen LogP contribution in [0.1, 0.15) is 0 Å². The van der Waals surface area contributed by atoms with Crippen molar-refractivity contribution in [2.24, 2.45) is 0 Å². The average molecular weight is 320 g/mol. The van der Waals surface area contributed by atoms with Gasteiger partial charge in [0.2, 0.25) is 0 Å². The highest BCUT2D eigenvalue weighted by molar-refractivity contribution is 5.89. The fourth-order valence-electron chi connectivity index (χ4n) is 1.66. The number of rotatable bonds is 4. The second kappa shape index (κ2) is 6.42. The molecule has 2 aromatic carbocycles. The van der Waals surface area contributed by atoms with E-state index >= 15 is 0 Å². The van der Waals surface area contributed by atoms with Gasteiger partial charge in [-0.3, -0.25) is 0 Å². The second-order valence-corrected chi connectivity index (χ2v) is 3.91. The van der Waals surface area contributed by atoms with Crippen LogP contribution in [0.2, 0.25) is 0 Å². The van der Waals surface area contributed by atoms with Crippen LogP contribution in [0.15, 0.2) is 60.6 Å². The standard InChI is InChI=1S/C14H6F6O2/c15-11(16)13(19)21-8-4-5-9-7(6-8)2-1-3-10(9)22-14(20)12(17)18/h1-6H. The van der Waals surface area contributed by atoms with Gasteiger partial charge in [0.05, 0.1) is 0 Å². The molecule has 0 radical (unpaired) electrons. The maximum absolute atomic E-state index is 12.8. The second-order valence-electron chi connectivity index (χ2n) is 3.91. The van der Waals surface area contributed by atoms with Crippen LogP contribution in [0, 0.1) is 0 Å². The molecule has 0 aliphatic heterocycles. The van der Waals surface area contributed by atoms with Gasteiger partial charge in [-0.15, -0.1) is 0 Å². The summed E-state index contributed by atoms with van der Waals surface area (Å²) in [5, 5.41) is 0.491. The number of ether oxygens (including phenoxy) is 2. The molecule has 0 fully saturated rings. The Balaban J connectivity index is 2.40. The van der Waals surface area contributed by atoms with Gasteiger partial charge in [-0.1, -0.05) is 12.1 Å². The van der Waals surface area contributed by atoms with Crippen molar-refractivity contribution in [3.63, 3.8) is 0 Å². The van der Waals surface area contributed by atoms with Crippen molar-refractivity contribution in [2.45, 2.75) is 0 Å². The predicted molar refractivity (Wildman–Crippen MR) is 65.9 cm³/mol. The van der Waals surface area contributed by atoms with Gasteiger partial charge in [0.15, 0.2) is 0 Å². The highest BCUT2D eigenvalue weighted by atomic mass is 19.3. The third kappa shape index (κ3) is 3.51. The van der Waals surface area contributed by atoms with Crippen LogP contribution in [0.5, 0.6) is 11.5 Å². The number of benzene rings is 2. The van der Waals surface area contributed by atoms with E-state index in [1.807, 2.05) is 0 Å². The zero-order valence-corrected chi connectivity index (χ0v) is 10.5. The van der Waals surface area contributed by atoms with E-state index in [9.17, 15) is 26.3 Å². The van der Waals surface area contributed by atoms with E-state index in [2.05, 4.69) is 9.47 Å². The first-order chi connectivity index (χ1) is 10.4. The lowest BCUT2D eigenvalue weighted by atomic mass is 10.1. The summed E-state index contributed by atoms with van der Waals surface area (Å²) in [6.45, 7) is 0. The summed E-state index contributed by atoms with van der Waals surface area (Å²) in [4.78, 5) is 0. The third-order valence-electron chi connectivity index (χ3n) is 2.52. The first-order valence-corrected chi connectivity index (χ1v) is 5.68. The lowest BCUT2D eigenvalue weighted by Gasteiger charge is -2.08. The Morgan fingerprint density at radius 1 is 0.727 bits per heavy atom. The summed E-state index contributed by atoms with van der Waals surface area (Å²) in [6, 6.07) is 3.42. The average Bonchev–Trinajstić information content (AvgIpc) is 2.47. The molecular formula is C14H6F6O2. The molecule has 2 aromatic rings. The minimum atomic E-state index is -2.62. The molecule has 0 spiro atoms. The number of hydrogen-bond donors (Lipinski definition) is 0. The first kappa shape index (κ1) is 15.7. The smallest absolute Gasteiger partial charge is 0.344 e. The molecule has 0 saturated heterocycles. The van der Waals surface area contributed by atoms with Crippen LogP contribution in [0.3, 0.4) is 0 Å². The van der Waals surface area contributed by atoms with Gasteiger partial charge in [0, 0.05) is 5.39 Å². The number of hydrogen-bond acceptors (Lipinski definition) is 2. The minimum absolute atomic E-state index is 0.205. The molecule has 0 aliphatic carbocycles. The van der Waals surface area contributed by atoms with Crippen LogP contribution < -0.4 is 9.47 Å². The number of halogens is 6. The Labute approximate surface area is 119 Å². The lowest BCUT2D eigenvalue weighted by molar-refractivity contribution is 0.241. The maximum Gasteiger partial charge on any atom is 0.344 e. The lowest BCUT2D eigenvalue weighted by Crippen LogP contribution is -1.93. The zero-order valence-electron chi connectivity index (χ0n) is 10.5. The molecule has 0 bridgehead atoms. The molecule has 0 N–H and O–H groups in total. The highest BCUT2D eigenvalue weighted by Crippen LogP contribution is 2.31. The van der Waals surface area contributed by atoms with Crippen LogP contribution in [-0.2, 0) is 0 Å². The molecule has 0 aromatic heterocycles. The summed E-state index contributed by atoms with van der Waals surface area (Å²) in [5.74, 6) is -0.468. The van der Waals surface area contributed by atoms with Crippen LogP contribution in [-0.4, -0.2) is 0 Å². The Bertz CT molecular complexity index is 761. The fraction of sp³-hybridized carbons (Fsp3) is 0. The molecule has 2 rings (SSSR count). The molecule has 0 atom stereocenters. The number of fused-ring (bicyclic) bond motifs is 1. The molecule has 0 saturated carbocycles. The van der Waals surface area contributed by atoms with Gasteiger partial charge in [-0.05, 0) is 29.7 Å². The largest absolute Gasteiger partial charge is 0.428 e. The van der Waals surface area contributed by atoms with Gasteiger partial charge in [-0.2, -0.15) is 26.3 Å². The predicted octanol–water partition coefficient (Wildman–Crippen LogP) is 5.67. The van der Waals surface area contributed by atoms with E-state index in [-0.39, 0.29) is 22.3 Å². The quantitative estimate of drug-likeness (QED) is 0.534. The van der Waals surface area contributed by atoms with Crippen molar-refractivity contribution in [3.05, 3.63) is 60.6 Å². The van der Waals surface area contributed by atoms with E-state index in [0.29, 0.717) is 0 Å². The van der Waals surface area contributed by atoms with Crippen LogP contribution in [0.4, 0.5) is 26.3 Å². The third-order valence-corrected chi connectivity index (χ3v) is 2.52. The van der Waals surface area contributed by atoms with Gasteiger partial charge in [0.25, 0.3) is 0 Å². The SMILES string of the molecule is FC(F)=C(F)Oc1ccc2c(OC(F)=C(F)F)cccc2c1. The molecule has 0 aliphatic rings. The Morgan fingerprint density at radius 3 is 2.00 bits per heavy atom. The molecule has 8 heteroatoms. The van der Waals surface area contributed by atoms with Gasteiger partial charge >= 0.3 is 24.2 Å². The molecule has 0 amide bonds. The van der Waals surface area contributed by atoms with E-state index in [1.165, 1.54) is 24.3 Å². The van der Waals surface area contributed by atoms with Crippen molar-refractivity contribution in [3.8, 4) is 11.5 Å². The van der Waals surface area contributed by atoms with Crippen LogP contribution >= 0.6 is 0 Å². The van der Waals surface area contributed by atoms with Crippen molar-refractivity contribution in [2.75, 3.05) is 0 Å². The van der Waals surface area contributed by atoms with Gasteiger partial charge < -0.3 is 9.47 Å². The highest BCUT2D eigenvalue weighted by Gasteiger charge is 2.12. The summed E-state index contributed by atoms with van der Waals surface area (Å²) in [7, 11) is 0. The molecular weight excluding hydrogens is 314 g/mol. The Kier molecular flexibility index (Phi) is 4.59. The zero-order chi connectivity index (χ0) is 16.3. The van der Waals surface area contributed by atoms with Gasteiger partial charge in [0.1, 0.15) is 11.5 Å². The summed E-state index contributed by atoms with van der Waals surface area (Å²) < 4.78 is 82.1. The Morgan fingerprint density at radius 2 is 1.36 bits per heavy atom. The van der Waals surface area contributed by atoms with Crippen molar-refractivity contribution < 1.29 is 35.8 Å². The van der Waals surface area contributed by atoms with Crippen molar-refractivity contribution in [1.29, 1.82) is 0 Å². The molecule has 116 valence electrons. The van der Waals surface area contributed by atoms with E-state index in [1.54, 1.807) is 0 Å². The summed E-state index contributed by atoms with van der Waals surface area (Å²) >= 11 is 0.